The van der Waals surface area contributed by atoms with Crippen LogP contribution in [0.2, 0.25) is 0 Å². The Labute approximate surface area is 809 Å². The van der Waals surface area contributed by atoms with Crippen LogP contribution < -0.4 is 43.0 Å². The maximum atomic E-state index is 16.1. The van der Waals surface area contributed by atoms with Crippen LogP contribution >= 0.6 is 43.2 Å². The third kappa shape index (κ3) is 25.4. The Balaban J connectivity index is 0.856. The van der Waals surface area contributed by atoms with Gasteiger partial charge >= 0.3 is 24.0 Å². The van der Waals surface area contributed by atoms with E-state index in [2.05, 4.69) is 37.2 Å². The van der Waals surface area contributed by atoms with Crippen LogP contribution in [0.3, 0.4) is 0 Å². The first-order chi connectivity index (χ1) is 64.9. The zero-order valence-corrected chi connectivity index (χ0v) is 81.9. The molecule has 13 N–H and O–H groups in total. The van der Waals surface area contributed by atoms with Crippen LogP contribution in [0.4, 0.5) is 9.59 Å². The lowest BCUT2D eigenvalue weighted by atomic mass is 9.43. The Morgan fingerprint density at radius 2 is 1.38 bits per heavy atom. The van der Waals surface area contributed by atoms with Gasteiger partial charge in [0, 0.05) is 110 Å². The van der Waals surface area contributed by atoms with Crippen LogP contribution in [0.25, 0.3) is 5.57 Å². The number of Topliss-reactive ketones (excluding diaryl/α,β-unsaturated/α-hetero) is 2. The minimum atomic E-state index is -2.27. The summed E-state index contributed by atoms with van der Waals surface area (Å²) < 4.78 is 38.4. The summed E-state index contributed by atoms with van der Waals surface area (Å²) in [7, 11) is 5.14. The number of ketones is 2. The fourth-order valence-electron chi connectivity index (χ4n) is 19.6. The van der Waals surface area contributed by atoms with E-state index in [1.54, 1.807) is 151 Å². The number of fused-ring (bicyclic) bond motifs is 6. The van der Waals surface area contributed by atoms with Gasteiger partial charge in [0.2, 0.25) is 41.5 Å². The van der Waals surface area contributed by atoms with Crippen molar-refractivity contribution >= 4 is 125 Å². The van der Waals surface area contributed by atoms with Crippen molar-refractivity contribution in [1.29, 1.82) is 0 Å². The number of nitrogens with zero attached hydrogens (tertiary/aromatic N) is 1. The lowest BCUT2D eigenvalue weighted by molar-refractivity contribution is -0.346. The van der Waals surface area contributed by atoms with Gasteiger partial charge in [-0.1, -0.05) is 213 Å². The third-order valence-corrected chi connectivity index (χ3v) is 31.7. The quantitative estimate of drug-likeness (QED) is 0.00602. The number of nitrogens with two attached hydrogens (primary N) is 1. The summed E-state index contributed by atoms with van der Waals surface area (Å²) in [6.45, 7) is 15.3. The van der Waals surface area contributed by atoms with Crippen molar-refractivity contribution < 1.29 is 111 Å². The maximum absolute atomic E-state index is 16.1. The molecule has 2 saturated heterocycles. The average molecular weight is 1950 g/mol. The van der Waals surface area contributed by atoms with Crippen LogP contribution in [0.1, 0.15) is 171 Å². The molecule has 0 radical (unpaired) electrons. The molecule has 8 amide bonds. The number of carbonyl (C=O) groups is 13. The summed E-state index contributed by atoms with van der Waals surface area (Å²) in [6, 6.07) is 31.7. The summed E-state index contributed by atoms with van der Waals surface area (Å²) in [6.07, 6.45) is -7.36. The lowest BCUT2D eigenvalue weighted by Gasteiger charge is -2.68. The van der Waals surface area contributed by atoms with Gasteiger partial charge in [-0.3, -0.25) is 47.9 Å². The van der Waals surface area contributed by atoms with Gasteiger partial charge in [-0.05, 0) is 129 Å². The van der Waals surface area contributed by atoms with Crippen molar-refractivity contribution in [3.63, 3.8) is 0 Å². The molecule has 32 nitrogen and oxygen atoms in total. The number of hydrogen-bond donors (Lipinski definition) is 12. The standard InChI is InChI=1S/C100H129N9O23S4/c1-12-13-44-109(96(125)130-83(57(2)65-34-22-16-23-35-65)94(123)129-78-52-100(126)86(131-93(122)67-37-24-17-25-38-67)84-98(10,85(115)59(4)81(58(78)3)97(100,8)9)79(127-11)51-80-99(84,56-128-80)132-62(7)113)45-46-133-136-95(124)107-72(48-64-32-20-15-21-33-64)89(118)105-75-54-134-135-55-76(91(120)104-74(53-110)60(5)111)106-92(121)82(61(6)112)108-88(117)71(40-28-29-43-101)102-90(119)73(49-68-42-41-66-36-26-27-39-70(66)68)103-87(116)69(50-77(75)114)47-63-30-18-14-19-31-63/h14-27,30-39,42,57,59-61,69,71-76,78-80,82-84,86,110-112,126H,12-13,28-29,40-41,43-56,101H2,1-11H3,(H,102,119)(H,103,116)(H,104,120)(H,105,118)(H,106,121)(H,107,124)(H,108,117)/t57-,59+,60+,61+,69+,71-,72+,73+,74+,75-,76-,78?,79-,80+,82-,83?,84-,86-,98+,99-,100+/m0/s1. The van der Waals surface area contributed by atoms with Crippen molar-refractivity contribution in [2.24, 2.45) is 34.3 Å². The molecule has 5 aromatic rings. The molecule has 736 valence electrons. The number of allylic oxidation sites excluding steroid dienone is 1. The highest BCUT2D eigenvalue weighted by Crippen LogP contribution is 2.66. The highest BCUT2D eigenvalue weighted by Gasteiger charge is 2.78. The molecule has 2 bridgehead atoms. The summed E-state index contributed by atoms with van der Waals surface area (Å²) in [5.74, 6) is -13.9. The van der Waals surface area contributed by atoms with Crippen molar-refractivity contribution in [2.45, 2.75) is 248 Å². The first-order valence-corrected chi connectivity index (χ1v) is 51.2. The Morgan fingerprint density at radius 3 is 2.01 bits per heavy atom. The second-order valence-electron chi connectivity index (χ2n) is 36.8. The van der Waals surface area contributed by atoms with Crippen LogP contribution in [-0.2, 0) is 95.6 Å². The molecule has 2 saturated carbocycles. The monoisotopic (exact) mass is 1950 g/mol. The fourth-order valence-corrected chi connectivity index (χ4v) is 23.6. The largest absolute Gasteiger partial charge is 0.455 e. The molecule has 5 aromatic carbocycles. The first-order valence-electron chi connectivity index (χ1n) is 46.4. The minimum absolute atomic E-state index is 0.0197. The van der Waals surface area contributed by atoms with E-state index in [1.165, 1.54) is 44.9 Å². The van der Waals surface area contributed by atoms with Crippen molar-refractivity contribution in [1.82, 2.24) is 42.1 Å². The van der Waals surface area contributed by atoms with E-state index in [-0.39, 0.29) is 87.0 Å². The Hall–Kier alpha value is -9.99. The number of amides is 8. The van der Waals surface area contributed by atoms with E-state index in [0.29, 0.717) is 65.5 Å². The number of aliphatic hydroxyl groups is 4. The molecule has 4 aliphatic carbocycles. The number of esters is 3. The molecule has 11 rings (SSSR count). The topological polar surface area (TPSA) is 472 Å². The molecule has 4 fully saturated rings. The highest BCUT2D eigenvalue weighted by molar-refractivity contribution is 8.82. The summed E-state index contributed by atoms with van der Waals surface area (Å²) in [4.78, 5) is 196. The number of carbonyl (C=O) groups excluding carboxylic acids is 13. The summed E-state index contributed by atoms with van der Waals surface area (Å²) >= 11 is 0. The van der Waals surface area contributed by atoms with E-state index >= 15 is 33.6 Å². The number of ether oxygens (including phenoxy) is 6. The molecule has 6 aliphatic rings. The van der Waals surface area contributed by atoms with E-state index in [1.807, 2.05) is 37.3 Å². The zero-order chi connectivity index (χ0) is 98.5. The van der Waals surface area contributed by atoms with Crippen LogP contribution in [-0.4, -0.2) is 255 Å². The Bertz CT molecular complexity index is 5120. The van der Waals surface area contributed by atoms with E-state index in [4.69, 9.17) is 34.2 Å². The predicted octanol–water partition coefficient (Wildman–Crippen LogP) is 8.71. The van der Waals surface area contributed by atoms with Gasteiger partial charge in [0.15, 0.2) is 11.4 Å². The van der Waals surface area contributed by atoms with Crippen LogP contribution in [0.15, 0.2) is 163 Å². The smallest absolute Gasteiger partial charge is 0.410 e. The number of methoxy groups -OCH3 is 1. The third-order valence-electron chi connectivity index (χ3n) is 27.3. The number of unbranched alkanes of at least 4 members (excludes halogenated alkanes) is 2. The molecule has 2 unspecified atom stereocenters. The number of benzene rings is 5. The van der Waals surface area contributed by atoms with Gasteiger partial charge in [-0.25, -0.2) is 14.4 Å². The van der Waals surface area contributed by atoms with E-state index in [9.17, 15) is 49.2 Å². The van der Waals surface area contributed by atoms with Gasteiger partial charge < -0.3 is 96.7 Å². The SMILES string of the molecule is CCCCN(CCSSC(=O)N[C@H](Cc1ccccc1)C(=O)N[C@H]1CSSC[C@@H](C(=O)N[C@H](CO)[C@@H](C)O)NC(=O)[C@H]([C@@H](C)O)NC(=O)[C@H](CCCCN)NC(=O)[C@@H](CC2=CCc3ccccc32)NC(=O)[C@H](Cc2ccccc2)CC1=O)C(=O)OC(C(=O)OC1C[C@@]2(O)[C@@H](OC(=O)c3ccccc3)[C@@H]3[C@]4(OC(C)=O)CO[C@@H]4C[C@H](OC)[C@@]3(C)C(=O)[C@H](C)C(=C1C)C2(C)C)[C@@H](C)c1ccccc1. The molecule has 136 heavy (non-hydrogen) atoms. The molecule has 0 spiro atoms. The highest BCUT2D eigenvalue weighted by atomic mass is 33.1. The molecule has 36 heteroatoms. The second-order valence-corrected chi connectivity index (χ2v) is 41.7. The molecule has 21 atom stereocenters. The average Bonchev–Trinajstić information content (AvgIpc) is 0.739. The van der Waals surface area contributed by atoms with Crippen molar-refractivity contribution in [3.8, 4) is 0 Å². The van der Waals surface area contributed by atoms with Crippen LogP contribution in [0.5, 0.6) is 0 Å². The van der Waals surface area contributed by atoms with E-state index < -0.39 is 221 Å². The van der Waals surface area contributed by atoms with Crippen molar-refractivity contribution in [3.05, 3.63) is 196 Å². The second kappa shape index (κ2) is 48.5. The van der Waals surface area contributed by atoms with Gasteiger partial charge in [0.25, 0.3) is 5.24 Å². The summed E-state index contributed by atoms with van der Waals surface area (Å²) in [5, 5.41) is 64.8. The Kier molecular flexibility index (Phi) is 38.0. The normalized spacial score (nSPS) is 27.2. The molecular formula is C100H129N9O23S4. The number of aliphatic hydroxyl groups excluding tert-OH is 3. The molecule has 2 heterocycles. The fraction of sp³-hybridized carbons (Fsp3) is 0.530. The molecule has 0 aromatic heterocycles. The van der Waals surface area contributed by atoms with Gasteiger partial charge in [0.05, 0.1) is 60.5 Å². The lowest BCUT2D eigenvalue weighted by Crippen LogP contribution is -2.81. The van der Waals surface area contributed by atoms with Gasteiger partial charge in [-0.15, -0.1) is 0 Å². The maximum Gasteiger partial charge on any atom is 0.410 e. The molecule has 2 aliphatic heterocycles. The minimum Gasteiger partial charge on any atom is -0.455 e. The van der Waals surface area contributed by atoms with Crippen LogP contribution in [0, 0.1) is 28.6 Å². The number of hydrogen-bond acceptors (Lipinski definition) is 28. The predicted molar refractivity (Wildman–Crippen MR) is 517 cm³/mol. The first kappa shape index (κ1) is 106. The summed E-state index contributed by atoms with van der Waals surface area (Å²) in [5.41, 5.74) is 4.09. The van der Waals surface area contributed by atoms with Gasteiger partial charge in [-0.2, -0.15) is 0 Å². The molecular weight excluding hydrogens is 1820 g/mol. The zero-order valence-electron chi connectivity index (χ0n) is 78.7. The van der Waals surface area contributed by atoms with Gasteiger partial charge in [0.1, 0.15) is 59.9 Å². The number of nitrogens with one attached hydrogen (secondary N) is 7. The number of rotatable bonds is 34. The van der Waals surface area contributed by atoms with E-state index in [0.717, 1.165) is 54.3 Å². The van der Waals surface area contributed by atoms with Crippen molar-refractivity contribution in [2.75, 3.05) is 57.2 Å². The Morgan fingerprint density at radius 1 is 0.743 bits per heavy atom.